The normalized spacial score (nSPS) is 10.1. The molecule has 2 rings (SSSR count). The number of rotatable bonds is 3. The van der Waals surface area contributed by atoms with Gasteiger partial charge < -0.3 is 10.4 Å². The van der Waals surface area contributed by atoms with Crippen molar-refractivity contribution < 1.29 is 9.90 Å². The van der Waals surface area contributed by atoms with E-state index in [0.29, 0.717) is 22.5 Å². The molecule has 5 nitrogen and oxygen atoms in total. The lowest BCUT2D eigenvalue weighted by molar-refractivity contribution is 0.0698. The molecule has 2 N–H and O–H groups in total. The number of halogens is 1. The Hall–Kier alpha value is -2.14. The number of carboxylic acids is 1. The molecule has 0 radical (unpaired) electrons. The molecule has 0 atom stereocenters. The van der Waals surface area contributed by atoms with E-state index in [1.807, 2.05) is 0 Å². The van der Waals surface area contributed by atoms with Gasteiger partial charge in [-0.3, -0.25) is 0 Å². The number of nitrogens with zero attached hydrogens (tertiary/aromatic N) is 2. The van der Waals surface area contributed by atoms with E-state index in [0.717, 1.165) is 0 Å². The number of aromatic carboxylic acids is 1. The van der Waals surface area contributed by atoms with Gasteiger partial charge >= 0.3 is 5.97 Å². The van der Waals surface area contributed by atoms with E-state index in [4.69, 9.17) is 16.7 Å². The number of nitrogens with one attached hydrogen (secondary N) is 1. The van der Waals surface area contributed by atoms with Crippen molar-refractivity contribution in [2.45, 2.75) is 6.92 Å². The van der Waals surface area contributed by atoms with Crippen molar-refractivity contribution in [1.82, 2.24) is 9.97 Å². The van der Waals surface area contributed by atoms with E-state index in [-0.39, 0.29) is 5.56 Å². The van der Waals surface area contributed by atoms with Gasteiger partial charge in [0.15, 0.2) is 0 Å². The van der Waals surface area contributed by atoms with Gasteiger partial charge in [0, 0.05) is 6.07 Å². The predicted molar refractivity (Wildman–Crippen MR) is 68.5 cm³/mol. The Bertz CT molecular complexity index is 581. The average Bonchev–Trinajstić information content (AvgIpc) is 2.27. The Morgan fingerprint density at radius 1 is 1.33 bits per heavy atom. The summed E-state index contributed by atoms with van der Waals surface area (Å²) in [5, 5.41) is 12.3. The van der Waals surface area contributed by atoms with Gasteiger partial charge in [-0.1, -0.05) is 23.7 Å². The van der Waals surface area contributed by atoms with Crippen LogP contribution in [0.3, 0.4) is 0 Å². The van der Waals surface area contributed by atoms with Gasteiger partial charge in [-0.15, -0.1) is 0 Å². The molecule has 2 aromatic rings. The largest absolute Gasteiger partial charge is 0.478 e. The summed E-state index contributed by atoms with van der Waals surface area (Å²) in [7, 11) is 0. The Kier molecular flexibility index (Phi) is 3.43. The smallest absolute Gasteiger partial charge is 0.337 e. The number of benzene rings is 1. The third kappa shape index (κ3) is 2.75. The molecule has 0 fully saturated rings. The highest BCUT2D eigenvalue weighted by Gasteiger charge is 2.10. The monoisotopic (exact) mass is 263 g/mol. The van der Waals surface area contributed by atoms with Gasteiger partial charge in [-0.25, -0.2) is 14.8 Å². The second-order valence-electron chi connectivity index (χ2n) is 3.60. The number of aryl methyl sites for hydroxylation is 1. The fraction of sp³-hybridized carbons (Fsp3) is 0.0833. The minimum Gasteiger partial charge on any atom is -0.478 e. The van der Waals surface area contributed by atoms with Crippen LogP contribution in [-0.2, 0) is 0 Å². The molecule has 0 bridgehead atoms. The minimum absolute atomic E-state index is 0.171. The second kappa shape index (κ2) is 5.01. The Balaban J connectivity index is 2.37. The molecule has 1 aromatic heterocycles. The Morgan fingerprint density at radius 2 is 2.06 bits per heavy atom. The number of carbonyl (C=O) groups is 1. The van der Waals surface area contributed by atoms with Gasteiger partial charge in [0.05, 0.1) is 11.3 Å². The van der Waals surface area contributed by atoms with Crippen molar-refractivity contribution >= 4 is 29.1 Å². The van der Waals surface area contributed by atoms with Crippen molar-refractivity contribution in [3.8, 4) is 0 Å². The molecule has 1 aromatic carbocycles. The lowest BCUT2D eigenvalue weighted by atomic mass is 10.2. The first kappa shape index (κ1) is 12.3. The van der Waals surface area contributed by atoms with Crippen LogP contribution in [0, 0.1) is 6.92 Å². The maximum atomic E-state index is 11.0. The molecule has 0 aliphatic carbocycles. The number of para-hydroxylation sites is 1. The first-order chi connectivity index (χ1) is 8.56. The third-order valence-corrected chi connectivity index (χ3v) is 2.42. The topological polar surface area (TPSA) is 75.1 Å². The molecule has 0 saturated carbocycles. The molecular formula is C12H10ClN3O2. The number of carboxylic acid groups (broad SMARTS) is 1. The zero-order valence-corrected chi connectivity index (χ0v) is 10.3. The molecule has 0 saturated heterocycles. The van der Waals surface area contributed by atoms with Crippen molar-refractivity contribution in [3.63, 3.8) is 0 Å². The number of aromatic nitrogens is 2. The van der Waals surface area contributed by atoms with Crippen LogP contribution in [0.25, 0.3) is 0 Å². The zero-order chi connectivity index (χ0) is 13.1. The molecule has 1 heterocycles. The van der Waals surface area contributed by atoms with Crippen molar-refractivity contribution in [1.29, 1.82) is 0 Å². The van der Waals surface area contributed by atoms with E-state index in [1.54, 1.807) is 25.1 Å². The molecule has 0 amide bonds. The van der Waals surface area contributed by atoms with Crippen LogP contribution in [0.1, 0.15) is 16.2 Å². The first-order valence-corrected chi connectivity index (χ1v) is 5.54. The lowest BCUT2D eigenvalue weighted by Gasteiger charge is -2.09. The van der Waals surface area contributed by atoms with Gasteiger partial charge in [-0.2, -0.15) is 0 Å². The van der Waals surface area contributed by atoms with Crippen LogP contribution in [0.2, 0.25) is 5.15 Å². The molecule has 0 spiro atoms. The van der Waals surface area contributed by atoms with Gasteiger partial charge in [-0.05, 0) is 19.1 Å². The Morgan fingerprint density at radius 3 is 2.72 bits per heavy atom. The van der Waals surface area contributed by atoms with Crippen LogP contribution >= 0.6 is 11.6 Å². The highest BCUT2D eigenvalue weighted by atomic mass is 35.5. The number of anilines is 2. The standard InChI is InChI=1S/C12H10ClN3O2/c1-7-14-10(13)6-11(15-7)16-9-5-3-2-4-8(9)12(17)18/h2-6H,1H3,(H,17,18)(H,14,15,16). The molecule has 6 heteroatoms. The third-order valence-electron chi connectivity index (χ3n) is 2.23. The van der Waals surface area contributed by atoms with E-state index < -0.39 is 5.97 Å². The molecule has 0 aliphatic heterocycles. The van der Waals surface area contributed by atoms with Crippen molar-refractivity contribution in [2.24, 2.45) is 0 Å². The van der Waals surface area contributed by atoms with E-state index in [9.17, 15) is 4.79 Å². The summed E-state index contributed by atoms with van der Waals surface area (Å²) in [5.41, 5.74) is 0.629. The van der Waals surface area contributed by atoms with Crippen LogP contribution in [0.4, 0.5) is 11.5 Å². The Labute approximate surface area is 108 Å². The fourth-order valence-corrected chi connectivity index (χ4v) is 1.74. The number of hydrogen-bond donors (Lipinski definition) is 2. The maximum Gasteiger partial charge on any atom is 0.337 e. The van der Waals surface area contributed by atoms with Crippen LogP contribution in [-0.4, -0.2) is 21.0 Å². The van der Waals surface area contributed by atoms with Gasteiger partial charge in [0.2, 0.25) is 0 Å². The first-order valence-electron chi connectivity index (χ1n) is 5.17. The number of hydrogen-bond acceptors (Lipinski definition) is 4. The molecule has 0 unspecified atom stereocenters. The summed E-state index contributed by atoms with van der Waals surface area (Å²) in [4.78, 5) is 19.1. The second-order valence-corrected chi connectivity index (χ2v) is 3.99. The van der Waals surface area contributed by atoms with Crippen molar-refractivity contribution in [2.75, 3.05) is 5.32 Å². The SMILES string of the molecule is Cc1nc(Cl)cc(Nc2ccccc2C(=O)O)n1. The highest BCUT2D eigenvalue weighted by Crippen LogP contribution is 2.21. The van der Waals surface area contributed by atoms with E-state index in [2.05, 4.69) is 15.3 Å². The summed E-state index contributed by atoms with van der Waals surface area (Å²) in [6.07, 6.45) is 0. The quantitative estimate of drug-likeness (QED) is 0.833. The average molecular weight is 264 g/mol. The fourth-order valence-electron chi connectivity index (χ4n) is 1.51. The van der Waals surface area contributed by atoms with Gasteiger partial charge in [0.25, 0.3) is 0 Å². The zero-order valence-electron chi connectivity index (χ0n) is 9.51. The van der Waals surface area contributed by atoms with Crippen molar-refractivity contribution in [3.05, 3.63) is 46.9 Å². The summed E-state index contributed by atoms with van der Waals surface area (Å²) in [5.74, 6) is -0.0334. The summed E-state index contributed by atoms with van der Waals surface area (Å²) < 4.78 is 0. The van der Waals surface area contributed by atoms with Crippen LogP contribution in [0.15, 0.2) is 30.3 Å². The lowest BCUT2D eigenvalue weighted by Crippen LogP contribution is -2.04. The maximum absolute atomic E-state index is 11.0. The minimum atomic E-state index is -1.00. The molecule has 18 heavy (non-hydrogen) atoms. The molecule has 0 aliphatic rings. The van der Waals surface area contributed by atoms with Gasteiger partial charge in [0.1, 0.15) is 16.8 Å². The van der Waals surface area contributed by atoms with E-state index >= 15 is 0 Å². The van der Waals surface area contributed by atoms with Crippen LogP contribution in [0.5, 0.6) is 0 Å². The predicted octanol–water partition coefficient (Wildman–Crippen LogP) is 2.88. The highest BCUT2D eigenvalue weighted by molar-refractivity contribution is 6.29. The molecular weight excluding hydrogens is 254 g/mol. The molecule has 92 valence electrons. The van der Waals surface area contributed by atoms with Crippen LogP contribution < -0.4 is 5.32 Å². The summed E-state index contributed by atoms with van der Waals surface area (Å²) >= 11 is 5.81. The summed E-state index contributed by atoms with van der Waals surface area (Å²) in [6, 6.07) is 8.11. The van der Waals surface area contributed by atoms with E-state index in [1.165, 1.54) is 12.1 Å². The summed E-state index contributed by atoms with van der Waals surface area (Å²) in [6.45, 7) is 1.71.